The minimum atomic E-state index is -4.40. The van der Waals surface area contributed by atoms with E-state index in [1.165, 1.54) is 18.3 Å². The average molecular weight is 416 g/mol. The van der Waals surface area contributed by atoms with Gasteiger partial charge in [-0.25, -0.2) is 0 Å². The fourth-order valence-corrected chi connectivity index (χ4v) is 3.92. The highest BCUT2D eigenvalue weighted by atomic mass is 19.4. The van der Waals surface area contributed by atoms with Crippen molar-refractivity contribution in [3.05, 3.63) is 70.8 Å². The topological polar surface area (TPSA) is 59.0 Å². The summed E-state index contributed by atoms with van der Waals surface area (Å²) in [6.45, 7) is 0.480. The first-order valence-corrected chi connectivity index (χ1v) is 9.57. The van der Waals surface area contributed by atoms with Crippen LogP contribution in [-0.2, 0) is 33.6 Å². The Kier molecular flexibility index (Phi) is 5.32. The van der Waals surface area contributed by atoms with Crippen LogP contribution in [0.4, 0.5) is 13.2 Å². The number of amides is 1. The van der Waals surface area contributed by atoms with Gasteiger partial charge in [0, 0.05) is 13.0 Å². The number of hydrogen-bond donors (Lipinski definition) is 0. The van der Waals surface area contributed by atoms with Crippen LogP contribution >= 0.6 is 0 Å². The Hall–Kier alpha value is -3.16. The Labute approximate surface area is 171 Å². The summed E-state index contributed by atoms with van der Waals surface area (Å²) in [7, 11) is 0. The summed E-state index contributed by atoms with van der Waals surface area (Å²) in [5.74, 6) is -1.52. The third-order valence-electron chi connectivity index (χ3n) is 5.50. The summed E-state index contributed by atoms with van der Waals surface area (Å²) in [5, 5.41) is 3.73. The number of carbonyl (C=O) groups excluding carboxylic acids is 2. The van der Waals surface area contributed by atoms with Crippen molar-refractivity contribution in [1.82, 2.24) is 4.90 Å². The molecule has 0 radical (unpaired) electrons. The molecule has 0 aliphatic carbocycles. The van der Waals surface area contributed by atoms with Gasteiger partial charge in [-0.2, -0.15) is 13.2 Å². The number of carbonyl (C=O) groups is 2. The standard InChI is InChI=1S/C22H19F3N2O3/c23-22(24,25)16-7-5-14(6-8-16)13-30-26-12-18-20(28)11-19-17-4-2-1-3-15(17)9-10-27(19)21(18)29/h1-8,12,18-19H,9-11,13H2/b26-12-/t18-,19+/m0/s1. The van der Waals surface area contributed by atoms with E-state index in [1.54, 1.807) is 4.90 Å². The van der Waals surface area contributed by atoms with Crippen LogP contribution in [0, 0.1) is 5.92 Å². The fourth-order valence-electron chi connectivity index (χ4n) is 3.92. The van der Waals surface area contributed by atoms with Crippen LogP contribution in [0.2, 0.25) is 0 Å². The minimum absolute atomic E-state index is 0.0660. The molecule has 1 fully saturated rings. The zero-order valence-electron chi connectivity index (χ0n) is 15.9. The summed E-state index contributed by atoms with van der Waals surface area (Å²) in [5.41, 5.74) is 1.92. The summed E-state index contributed by atoms with van der Waals surface area (Å²) in [6, 6.07) is 12.1. The molecule has 0 aromatic heterocycles. The van der Waals surface area contributed by atoms with Gasteiger partial charge in [-0.05, 0) is 35.2 Å². The molecule has 2 aromatic carbocycles. The van der Waals surface area contributed by atoms with Crippen molar-refractivity contribution in [2.75, 3.05) is 6.54 Å². The number of oxime groups is 1. The van der Waals surface area contributed by atoms with Crippen molar-refractivity contribution < 1.29 is 27.6 Å². The largest absolute Gasteiger partial charge is 0.416 e. The summed E-state index contributed by atoms with van der Waals surface area (Å²) < 4.78 is 37.7. The monoisotopic (exact) mass is 416 g/mol. The van der Waals surface area contributed by atoms with E-state index in [9.17, 15) is 22.8 Å². The van der Waals surface area contributed by atoms with Gasteiger partial charge in [-0.15, -0.1) is 0 Å². The van der Waals surface area contributed by atoms with Gasteiger partial charge < -0.3 is 9.74 Å². The number of hydrogen-bond acceptors (Lipinski definition) is 4. The van der Waals surface area contributed by atoms with Gasteiger partial charge in [0.15, 0.2) is 5.78 Å². The molecule has 0 spiro atoms. The second kappa shape index (κ2) is 7.93. The number of benzene rings is 2. The highest BCUT2D eigenvalue weighted by Crippen LogP contribution is 2.37. The van der Waals surface area contributed by atoms with E-state index < -0.39 is 17.7 Å². The van der Waals surface area contributed by atoms with E-state index in [0.29, 0.717) is 12.1 Å². The number of piperidine rings is 1. The molecule has 0 unspecified atom stereocenters. The van der Waals surface area contributed by atoms with Crippen molar-refractivity contribution in [2.45, 2.75) is 31.7 Å². The molecule has 2 atom stereocenters. The molecular weight excluding hydrogens is 397 g/mol. The number of Topliss-reactive ketones (excluding diaryl/α,β-unsaturated/α-hetero) is 1. The molecule has 2 aromatic rings. The van der Waals surface area contributed by atoms with E-state index >= 15 is 0 Å². The number of alkyl halides is 3. The molecule has 5 nitrogen and oxygen atoms in total. The van der Waals surface area contributed by atoms with E-state index in [1.807, 2.05) is 24.3 Å². The van der Waals surface area contributed by atoms with Crippen LogP contribution in [-0.4, -0.2) is 29.3 Å². The summed E-state index contributed by atoms with van der Waals surface area (Å²) in [4.78, 5) is 32.2. The molecule has 0 N–H and O–H groups in total. The van der Waals surface area contributed by atoms with Gasteiger partial charge >= 0.3 is 6.18 Å². The molecule has 0 saturated carbocycles. The predicted octanol–water partition coefficient (Wildman–Crippen LogP) is 3.92. The number of nitrogens with zero attached hydrogens (tertiary/aromatic N) is 2. The zero-order valence-corrected chi connectivity index (χ0v) is 15.9. The zero-order chi connectivity index (χ0) is 21.3. The Balaban J connectivity index is 1.38. The maximum absolute atomic E-state index is 12.8. The quantitative estimate of drug-likeness (QED) is 0.431. The van der Waals surface area contributed by atoms with Crippen LogP contribution in [0.3, 0.4) is 0 Å². The average Bonchev–Trinajstić information content (AvgIpc) is 2.72. The molecule has 2 aliphatic rings. The van der Waals surface area contributed by atoms with Crippen LogP contribution in [0.15, 0.2) is 53.7 Å². The Morgan fingerprint density at radius 2 is 1.83 bits per heavy atom. The third kappa shape index (κ3) is 3.94. The van der Waals surface area contributed by atoms with Crippen LogP contribution in [0.5, 0.6) is 0 Å². The van der Waals surface area contributed by atoms with Crippen molar-refractivity contribution in [2.24, 2.45) is 11.1 Å². The predicted molar refractivity (Wildman–Crippen MR) is 102 cm³/mol. The molecule has 156 valence electrons. The molecule has 0 bridgehead atoms. The van der Waals surface area contributed by atoms with Crippen molar-refractivity contribution in [3.63, 3.8) is 0 Å². The highest BCUT2D eigenvalue weighted by molar-refractivity contribution is 6.15. The van der Waals surface area contributed by atoms with Gasteiger partial charge in [-0.3, -0.25) is 9.59 Å². The second-order valence-corrected chi connectivity index (χ2v) is 7.37. The van der Waals surface area contributed by atoms with E-state index in [-0.39, 0.29) is 30.8 Å². The first-order valence-electron chi connectivity index (χ1n) is 9.57. The lowest BCUT2D eigenvalue weighted by atomic mass is 9.82. The van der Waals surface area contributed by atoms with E-state index in [4.69, 9.17) is 4.84 Å². The number of halogens is 3. The van der Waals surface area contributed by atoms with Crippen molar-refractivity contribution >= 4 is 17.9 Å². The van der Waals surface area contributed by atoms with Gasteiger partial charge in [0.25, 0.3) is 0 Å². The lowest BCUT2D eigenvalue weighted by Gasteiger charge is -2.41. The molecule has 30 heavy (non-hydrogen) atoms. The lowest BCUT2D eigenvalue weighted by molar-refractivity contribution is -0.146. The van der Waals surface area contributed by atoms with E-state index in [2.05, 4.69) is 5.16 Å². The Bertz CT molecular complexity index is 986. The third-order valence-corrected chi connectivity index (χ3v) is 5.50. The van der Waals surface area contributed by atoms with Gasteiger partial charge in [-0.1, -0.05) is 41.6 Å². The number of fused-ring (bicyclic) bond motifs is 3. The minimum Gasteiger partial charge on any atom is -0.391 e. The van der Waals surface area contributed by atoms with Crippen molar-refractivity contribution in [3.8, 4) is 0 Å². The molecular formula is C22H19F3N2O3. The fraction of sp³-hybridized carbons (Fsp3) is 0.318. The molecule has 8 heteroatoms. The SMILES string of the molecule is O=C1C[C@@H]2c3ccccc3CCN2C(=O)[C@H]1/C=N\OCc1ccc(C(F)(F)F)cc1. The van der Waals surface area contributed by atoms with Crippen LogP contribution in [0.1, 0.15) is 34.7 Å². The maximum Gasteiger partial charge on any atom is 0.416 e. The normalized spacial score (nSPS) is 21.5. The van der Waals surface area contributed by atoms with Gasteiger partial charge in [0.05, 0.1) is 17.8 Å². The van der Waals surface area contributed by atoms with Crippen LogP contribution < -0.4 is 0 Å². The van der Waals surface area contributed by atoms with Crippen LogP contribution in [0.25, 0.3) is 0 Å². The summed E-state index contributed by atoms with van der Waals surface area (Å²) >= 11 is 0. The molecule has 1 saturated heterocycles. The summed E-state index contributed by atoms with van der Waals surface area (Å²) in [6.07, 6.45) is -2.25. The highest BCUT2D eigenvalue weighted by Gasteiger charge is 2.43. The molecule has 2 heterocycles. The number of rotatable bonds is 4. The lowest BCUT2D eigenvalue weighted by Crippen LogP contribution is -2.51. The molecule has 4 rings (SSSR count). The van der Waals surface area contributed by atoms with Crippen molar-refractivity contribution in [1.29, 1.82) is 0 Å². The first kappa shape index (κ1) is 20.1. The van der Waals surface area contributed by atoms with E-state index in [0.717, 1.165) is 29.7 Å². The smallest absolute Gasteiger partial charge is 0.391 e. The molecule has 1 amide bonds. The second-order valence-electron chi connectivity index (χ2n) is 7.37. The first-order chi connectivity index (χ1) is 14.3. The number of ketones is 1. The van der Waals surface area contributed by atoms with Gasteiger partial charge in [0.1, 0.15) is 12.5 Å². The Morgan fingerprint density at radius 3 is 2.57 bits per heavy atom. The van der Waals surface area contributed by atoms with Gasteiger partial charge in [0.2, 0.25) is 5.91 Å². The molecule has 2 aliphatic heterocycles. The Morgan fingerprint density at radius 1 is 1.10 bits per heavy atom. The maximum atomic E-state index is 12.8.